The Morgan fingerprint density at radius 1 is 1.06 bits per heavy atom. The largest absolute Gasteiger partial charge is 0.241 e. The van der Waals surface area contributed by atoms with Crippen LogP contribution >= 0.6 is 0 Å². The Morgan fingerprint density at radius 2 is 1.81 bits per heavy atom. The molecule has 0 N–H and O–H groups in total. The van der Waals surface area contributed by atoms with Crippen molar-refractivity contribution in [1.29, 1.82) is 0 Å². The van der Waals surface area contributed by atoms with Crippen molar-refractivity contribution < 1.29 is 0 Å². The van der Waals surface area contributed by atoms with Gasteiger partial charge < -0.3 is 0 Å². The molecule has 0 aliphatic heterocycles. The summed E-state index contributed by atoms with van der Waals surface area (Å²) in [6, 6.07) is 12.2. The highest BCUT2D eigenvalue weighted by Crippen LogP contribution is 2.16. The zero-order chi connectivity index (χ0) is 11.4. The molecule has 0 unspecified atom stereocenters. The average Bonchev–Trinajstić information content (AvgIpc) is 2.30. The van der Waals surface area contributed by atoms with Gasteiger partial charge in [-0.1, -0.05) is 44.2 Å². The van der Waals surface area contributed by atoms with Gasteiger partial charge in [0.2, 0.25) is 0 Å². The maximum Gasteiger partial charge on any atom is 0.129 e. The Kier molecular flexibility index (Phi) is 3.30. The second-order valence-electron chi connectivity index (χ2n) is 4.32. The maximum atomic E-state index is 4.57. The molecule has 0 atom stereocenters. The van der Waals surface area contributed by atoms with Gasteiger partial charge in [0.25, 0.3) is 0 Å². The molecule has 0 spiro atoms. The van der Waals surface area contributed by atoms with E-state index in [1.807, 2.05) is 30.5 Å². The third kappa shape index (κ3) is 2.66. The Labute approximate surface area is 96.4 Å². The van der Waals surface area contributed by atoms with Crippen molar-refractivity contribution in [2.24, 2.45) is 5.92 Å². The van der Waals surface area contributed by atoms with E-state index < -0.39 is 0 Å². The molecule has 16 heavy (non-hydrogen) atoms. The Hall–Kier alpha value is -1.70. The van der Waals surface area contributed by atoms with Crippen LogP contribution in [0.25, 0.3) is 11.3 Å². The topological polar surface area (TPSA) is 25.8 Å². The van der Waals surface area contributed by atoms with Crippen LogP contribution in [-0.4, -0.2) is 9.97 Å². The molecule has 0 saturated carbocycles. The minimum atomic E-state index is 0.589. The number of benzene rings is 1. The first-order valence-corrected chi connectivity index (χ1v) is 5.63. The van der Waals surface area contributed by atoms with Gasteiger partial charge in [-0.2, -0.15) is 0 Å². The van der Waals surface area contributed by atoms with E-state index in [2.05, 4.69) is 35.9 Å². The molecule has 2 heteroatoms. The van der Waals surface area contributed by atoms with Gasteiger partial charge in [-0.25, -0.2) is 9.97 Å². The monoisotopic (exact) mass is 212 g/mol. The van der Waals surface area contributed by atoms with E-state index in [4.69, 9.17) is 0 Å². The molecule has 0 aliphatic rings. The zero-order valence-corrected chi connectivity index (χ0v) is 9.72. The summed E-state index contributed by atoms with van der Waals surface area (Å²) in [7, 11) is 0. The molecule has 1 aromatic heterocycles. The number of nitrogens with zero attached hydrogens (tertiary/aromatic N) is 2. The quantitative estimate of drug-likeness (QED) is 0.779. The minimum Gasteiger partial charge on any atom is -0.241 e. The third-order valence-corrected chi connectivity index (χ3v) is 2.37. The van der Waals surface area contributed by atoms with Crippen LogP contribution in [0.15, 0.2) is 42.6 Å². The summed E-state index contributed by atoms with van der Waals surface area (Å²) in [4.78, 5) is 8.87. The van der Waals surface area contributed by atoms with Crippen molar-refractivity contribution in [3.05, 3.63) is 48.4 Å². The van der Waals surface area contributed by atoms with Crippen molar-refractivity contribution in [3.63, 3.8) is 0 Å². The van der Waals surface area contributed by atoms with E-state index in [1.54, 1.807) is 0 Å². The second kappa shape index (κ2) is 4.88. The van der Waals surface area contributed by atoms with Crippen LogP contribution in [0, 0.1) is 5.92 Å². The lowest BCUT2D eigenvalue weighted by atomic mass is 10.1. The van der Waals surface area contributed by atoms with E-state index in [-0.39, 0.29) is 0 Å². The fourth-order valence-electron chi connectivity index (χ4n) is 1.63. The van der Waals surface area contributed by atoms with Crippen LogP contribution in [0.3, 0.4) is 0 Å². The molecule has 1 aromatic carbocycles. The first-order chi connectivity index (χ1) is 7.75. The minimum absolute atomic E-state index is 0.589. The summed E-state index contributed by atoms with van der Waals surface area (Å²) < 4.78 is 0. The molecule has 0 amide bonds. The highest BCUT2D eigenvalue weighted by Gasteiger charge is 2.03. The maximum absolute atomic E-state index is 4.57. The first-order valence-electron chi connectivity index (χ1n) is 5.63. The number of hydrogen-bond donors (Lipinski definition) is 0. The molecule has 2 nitrogen and oxygen atoms in total. The molecular weight excluding hydrogens is 196 g/mol. The summed E-state index contributed by atoms with van der Waals surface area (Å²) in [6.45, 7) is 4.36. The molecule has 0 fully saturated rings. The van der Waals surface area contributed by atoms with Crippen molar-refractivity contribution in [2.75, 3.05) is 0 Å². The van der Waals surface area contributed by atoms with Crippen LogP contribution in [0.2, 0.25) is 0 Å². The standard InChI is InChI=1S/C14H16N2/c1-11(2)10-14-15-9-8-13(16-14)12-6-4-3-5-7-12/h3-9,11H,10H2,1-2H3. The van der Waals surface area contributed by atoms with Gasteiger partial charge in [0.05, 0.1) is 5.69 Å². The van der Waals surface area contributed by atoms with E-state index in [9.17, 15) is 0 Å². The number of aromatic nitrogens is 2. The average molecular weight is 212 g/mol. The Bertz CT molecular complexity index is 449. The van der Waals surface area contributed by atoms with Crippen molar-refractivity contribution in [1.82, 2.24) is 9.97 Å². The summed E-state index contributed by atoms with van der Waals surface area (Å²) in [5, 5.41) is 0. The molecule has 2 aromatic rings. The van der Waals surface area contributed by atoms with E-state index in [0.29, 0.717) is 5.92 Å². The molecular formula is C14H16N2. The lowest BCUT2D eigenvalue weighted by Crippen LogP contribution is -2.01. The van der Waals surface area contributed by atoms with Crippen LogP contribution in [0.4, 0.5) is 0 Å². The molecule has 0 saturated heterocycles. The zero-order valence-electron chi connectivity index (χ0n) is 9.72. The van der Waals surface area contributed by atoms with Gasteiger partial charge in [0, 0.05) is 18.2 Å². The fourth-order valence-corrected chi connectivity index (χ4v) is 1.63. The van der Waals surface area contributed by atoms with Gasteiger partial charge in [-0.05, 0) is 12.0 Å². The molecule has 2 rings (SSSR count). The summed E-state index contributed by atoms with van der Waals surface area (Å²) in [5.41, 5.74) is 2.15. The molecule has 82 valence electrons. The smallest absolute Gasteiger partial charge is 0.129 e. The van der Waals surface area contributed by atoms with E-state index >= 15 is 0 Å². The van der Waals surface area contributed by atoms with Crippen molar-refractivity contribution >= 4 is 0 Å². The van der Waals surface area contributed by atoms with Crippen LogP contribution in [0.5, 0.6) is 0 Å². The third-order valence-electron chi connectivity index (χ3n) is 2.37. The van der Waals surface area contributed by atoms with Gasteiger partial charge in [0.15, 0.2) is 0 Å². The van der Waals surface area contributed by atoms with Gasteiger partial charge in [-0.3, -0.25) is 0 Å². The number of rotatable bonds is 3. The van der Waals surface area contributed by atoms with E-state index in [0.717, 1.165) is 23.5 Å². The van der Waals surface area contributed by atoms with Gasteiger partial charge in [0.1, 0.15) is 5.82 Å². The lowest BCUT2D eigenvalue weighted by Gasteiger charge is -2.05. The molecule has 1 heterocycles. The number of hydrogen-bond acceptors (Lipinski definition) is 2. The van der Waals surface area contributed by atoms with Gasteiger partial charge in [-0.15, -0.1) is 0 Å². The Balaban J connectivity index is 2.29. The van der Waals surface area contributed by atoms with Gasteiger partial charge >= 0.3 is 0 Å². The van der Waals surface area contributed by atoms with Crippen molar-refractivity contribution in [2.45, 2.75) is 20.3 Å². The highest BCUT2D eigenvalue weighted by molar-refractivity contribution is 5.58. The fraction of sp³-hybridized carbons (Fsp3) is 0.286. The molecule has 0 aliphatic carbocycles. The second-order valence-corrected chi connectivity index (χ2v) is 4.32. The highest BCUT2D eigenvalue weighted by atomic mass is 14.9. The molecule has 0 bridgehead atoms. The predicted molar refractivity (Wildman–Crippen MR) is 66.0 cm³/mol. The van der Waals surface area contributed by atoms with E-state index in [1.165, 1.54) is 0 Å². The SMILES string of the molecule is CC(C)Cc1nccc(-c2ccccc2)n1. The normalized spacial score (nSPS) is 10.7. The van der Waals surface area contributed by atoms with Crippen LogP contribution < -0.4 is 0 Å². The summed E-state index contributed by atoms with van der Waals surface area (Å²) in [6.07, 6.45) is 2.77. The first kappa shape index (κ1) is 10.8. The van der Waals surface area contributed by atoms with Crippen molar-refractivity contribution in [3.8, 4) is 11.3 Å². The summed E-state index contributed by atoms with van der Waals surface area (Å²) in [5.74, 6) is 1.52. The summed E-state index contributed by atoms with van der Waals surface area (Å²) >= 11 is 0. The lowest BCUT2D eigenvalue weighted by molar-refractivity contribution is 0.621. The van der Waals surface area contributed by atoms with Crippen LogP contribution in [0.1, 0.15) is 19.7 Å². The predicted octanol–water partition coefficient (Wildman–Crippen LogP) is 3.34. The Morgan fingerprint density at radius 3 is 2.50 bits per heavy atom. The van der Waals surface area contributed by atoms with Crippen LogP contribution in [-0.2, 0) is 6.42 Å². The molecule has 0 radical (unpaired) electrons.